The second-order valence-electron chi connectivity index (χ2n) is 5.18. The molecule has 114 valence electrons. The standard InChI is InChI=1S/C15H15N3O3S/c1-2-16-15-18-14-13(22-15)9(6-12(19)17-14)8-3-4-10-11(5-8)21-7-20-10/h3-5,9H,2,6-7H2,1H3,(H,16,18)(H,17,19). The van der Waals surface area contributed by atoms with Gasteiger partial charge in [0.15, 0.2) is 16.6 Å². The van der Waals surface area contributed by atoms with Crippen molar-refractivity contribution in [2.45, 2.75) is 19.3 Å². The summed E-state index contributed by atoms with van der Waals surface area (Å²) in [6, 6.07) is 5.85. The fourth-order valence-corrected chi connectivity index (χ4v) is 3.86. The van der Waals surface area contributed by atoms with Gasteiger partial charge in [0.25, 0.3) is 0 Å². The lowest BCUT2D eigenvalue weighted by Gasteiger charge is -2.21. The van der Waals surface area contributed by atoms with E-state index in [1.165, 1.54) is 0 Å². The van der Waals surface area contributed by atoms with Crippen molar-refractivity contribution in [1.82, 2.24) is 4.98 Å². The van der Waals surface area contributed by atoms with Crippen molar-refractivity contribution in [2.75, 3.05) is 24.0 Å². The van der Waals surface area contributed by atoms with Crippen LogP contribution in [-0.4, -0.2) is 24.2 Å². The summed E-state index contributed by atoms with van der Waals surface area (Å²) in [6.45, 7) is 3.07. The highest BCUT2D eigenvalue weighted by atomic mass is 32.1. The first-order chi connectivity index (χ1) is 10.7. The number of ether oxygens (including phenoxy) is 2. The van der Waals surface area contributed by atoms with Crippen LogP contribution in [0, 0.1) is 0 Å². The van der Waals surface area contributed by atoms with E-state index in [4.69, 9.17) is 9.47 Å². The zero-order valence-corrected chi connectivity index (χ0v) is 12.8. The van der Waals surface area contributed by atoms with E-state index in [2.05, 4.69) is 15.6 Å². The molecule has 6 nitrogen and oxygen atoms in total. The molecule has 1 aromatic heterocycles. The zero-order chi connectivity index (χ0) is 15.1. The van der Waals surface area contributed by atoms with Crippen molar-refractivity contribution in [3.63, 3.8) is 0 Å². The number of carbonyl (C=O) groups excluding carboxylic acids is 1. The van der Waals surface area contributed by atoms with Gasteiger partial charge in [0.2, 0.25) is 12.7 Å². The summed E-state index contributed by atoms with van der Waals surface area (Å²) in [5, 5.41) is 6.89. The molecule has 2 aliphatic heterocycles. The minimum atomic E-state index is -0.0106. The monoisotopic (exact) mass is 317 g/mol. The lowest BCUT2D eigenvalue weighted by molar-refractivity contribution is -0.116. The number of hydrogen-bond acceptors (Lipinski definition) is 6. The number of fused-ring (bicyclic) bond motifs is 2. The molecule has 0 spiro atoms. The van der Waals surface area contributed by atoms with Gasteiger partial charge in [-0.1, -0.05) is 17.4 Å². The van der Waals surface area contributed by atoms with Crippen molar-refractivity contribution >= 4 is 28.2 Å². The topological polar surface area (TPSA) is 72.5 Å². The lowest BCUT2D eigenvalue weighted by Crippen LogP contribution is -2.22. The summed E-state index contributed by atoms with van der Waals surface area (Å²) in [5.74, 6) is 2.15. The van der Waals surface area contributed by atoms with Gasteiger partial charge in [-0.3, -0.25) is 4.79 Å². The molecule has 2 aliphatic rings. The molecule has 22 heavy (non-hydrogen) atoms. The van der Waals surface area contributed by atoms with Crippen molar-refractivity contribution in [2.24, 2.45) is 0 Å². The third-order valence-corrected chi connectivity index (χ3v) is 4.87. The van der Waals surface area contributed by atoms with Crippen LogP contribution in [0.4, 0.5) is 10.9 Å². The number of amides is 1. The maximum Gasteiger partial charge on any atom is 0.231 e. The van der Waals surface area contributed by atoms with Crippen molar-refractivity contribution in [1.29, 1.82) is 0 Å². The molecule has 0 saturated heterocycles. The van der Waals surface area contributed by atoms with Crippen LogP contribution in [0.1, 0.15) is 29.7 Å². The van der Waals surface area contributed by atoms with Gasteiger partial charge in [0.05, 0.1) is 4.88 Å². The molecule has 0 radical (unpaired) electrons. The van der Waals surface area contributed by atoms with Gasteiger partial charge >= 0.3 is 0 Å². The van der Waals surface area contributed by atoms with Gasteiger partial charge in [-0.2, -0.15) is 0 Å². The third kappa shape index (κ3) is 2.18. The van der Waals surface area contributed by atoms with E-state index in [1.807, 2.05) is 25.1 Å². The number of hydrogen-bond donors (Lipinski definition) is 2. The number of carbonyl (C=O) groups is 1. The Balaban J connectivity index is 1.74. The largest absolute Gasteiger partial charge is 0.454 e. The number of thiazole rings is 1. The number of anilines is 2. The van der Waals surface area contributed by atoms with E-state index in [-0.39, 0.29) is 18.6 Å². The molecular weight excluding hydrogens is 302 g/mol. The van der Waals surface area contributed by atoms with E-state index < -0.39 is 0 Å². The average molecular weight is 317 g/mol. The predicted octanol–water partition coefficient (Wildman–Crippen LogP) is 2.78. The maximum absolute atomic E-state index is 12.0. The molecule has 7 heteroatoms. The molecule has 1 aromatic carbocycles. The number of nitrogens with one attached hydrogen (secondary N) is 2. The third-order valence-electron chi connectivity index (χ3n) is 3.74. The smallest absolute Gasteiger partial charge is 0.231 e. The molecule has 0 aliphatic carbocycles. The highest BCUT2D eigenvalue weighted by Crippen LogP contribution is 2.44. The Morgan fingerprint density at radius 2 is 2.27 bits per heavy atom. The first-order valence-electron chi connectivity index (χ1n) is 7.18. The Kier molecular flexibility index (Phi) is 3.15. The molecule has 3 heterocycles. The molecule has 1 unspecified atom stereocenters. The molecule has 0 bridgehead atoms. The zero-order valence-electron chi connectivity index (χ0n) is 12.0. The average Bonchev–Trinajstić information content (AvgIpc) is 3.11. The number of nitrogens with zero attached hydrogens (tertiary/aromatic N) is 1. The van der Waals surface area contributed by atoms with Crippen LogP contribution in [0.2, 0.25) is 0 Å². The summed E-state index contributed by atoms with van der Waals surface area (Å²) in [6.07, 6.45) is 0.417. The van der Waals surface area contributed by atoms with Gasteiger partial charge in [-0.15, -0.1) is 0 Å². The first kappa shape index (κ1) is 13.4. The molecule has 0 fully saturated rings. The number of benzene rings is 1. The normalized spacial score (nSPS) is 18.8. The summed E-state index contributed by atoms with van der Waals surface area (Å²) in [5.41, 5.74) is 1.05. The highest BCUT2D eigenvalue weighted by Gasteiger charge is 2.31. The van der Waals surface area contributed by atoms with Crippen molar-refractivity contribution in [3.8, 4) is 11.5 Å². The fraction of sp³-hybridized carbons (Fsp3) is 0.333. The summed E-state index contributed by atoms with van der Waals surface area (Å²) < 4.78 is 10.8. The minimum Gasteiger partial charge on any atom is -0.454 e. The molecular formula is C15H15N3O3S. The molecule has 1 amide bonds. The van der Waals surface area contributed by atoms with Crippen LogP contribution in [0.15, 0.2) is 18.2 Å². The van der Waals surface area contributed by atoms with E-state index in [0.29, 0.717) is 12.2 Å². The number of aromatic nitrogens is 1. The van der Waals surface area contributed by atoms with Crippen molar-refractivity contribution in [3.05, 3.63) is 28.6 Å². The maximum atomic E-state index is 12.0. The van der Waals surface area contributed by atoms with Gasteiger partial charge < -0.3 is 20.1 Å². The van der Waals surface area contributed by atoms with Gasteiger partial charge in [-0.05, 0) is 24.6 Å². The number of rotatable bonds is 3. The summed E-state index contributed by atoms with van der Waals surface area (Å²) in [7, 11) is 0. The van der Waals surface area contributed by atoms with Crippen LogP contribution in [-0.2, 0) is 4.79 Å². The Labute approximate surface area is 131 Å². The molecule has 2 aromatic rings. The Hall–Kier alpha value is -2.28. The molecule has 1 atom stereocenters. The SMILES string of the molecule is CCNc1nc2c(s1)C(c1ccc3c(c1)OCO3)CC(=O)N2. The van der Waals surface area contributed by atoms with Gasteiger partial charge in [0, 0.05) is 18.9 Å². The van der Waals surface area contributed by atoms with Crippen molar-refractivity contribution < 1.29 is 14.3 Å². The predicted molar refractivity (Wildman–Crippen MR) is 83.9 cm³/mol. The Bertz CT molecular complexity index is 744. The highest BCUT2D eigenvalue weighted by molar-refractivity contribution is 7.16. The van der Waals surface area contributed by atoms with Crippen LogP contribution in [0.25, 0.3) is 0 Å². The van der Waals surface area contributed by atoms with Crippen LogP contribution in [0.3, 0.4) is 0 Å². The van der Waals surface area contributed by atoms with Crippen LogP contribution in [0.5, 0.6) is 11.5 Å². The Morgan fingerprint density at radius 1 is 1.41 bits per heavy atom. The first-order valence-corrected chi connectivity index (χ1v) is 8.00. The van der Waals surface area contributed by atoms with Crippen LogP contribution < -0.4 is 20.1 Å². The molecule has 0 saturated carbocycles. The van der Waals surface area contributed by atoms with E-state index >= 15 is 0 Å². The summed E-state index contributed by atoms with van der Waals surface area (Å²) in [4.78, 5) is 17.5. The van der Waals surface area contributed by atoms with Crippen LogP contribution >= 0.6 is 11.3 Å². The lowest BCUT2D eigenvalue weighted by atomic mass is 9.91. The van der Waals surface area contributed by atoms with E-state index in [0.717, 1.165) is 33.6 Å². The summed E-state index contributed by atoms with van der Waals surface area (Å²) >= 11 is 1.59. The van der Waals surface area contributed by atoms with E-state index in [1.54, 1.807) is 11.3 Å². The fourth-order valence-electron chi connectivity index (χ4n) is 2.74. The minimum absolute atomic E-state index is 0.00292. The quantitative estimate of drug-likeness (QED) is 0.911. The second kappa shape index (κ2) is 5.17. The van der Waals surface area contributed by atoms with Gasteiger partial charge in [-0.25, -0.2) is 4.98 Å². The molecule has 4 rings (SSSR count). The van der Waals surface area contributed by atoms with E-state index in [9.17, 15) is 4.79 Å². The molecule has 2 N–H and O–H groups in total. The second-order valence-corrected chi connectivity index (χ2v) is 6.21. The van der Waals surface area contributed by atoms with Gasteiger partial charge in [0.1, 0.15) is 5.82 Å². The Morgan fingerprint density at radius 3 is 3.14 bits per heavy atom.